The maximum atomic E-state index is 11.8. The molecule has 0 fully saturated rings. The van der Waals surface area contributed by atoms with Crippen molar-refractivity contribution in [2.45, 2.75) is 103 Å². The molecule has 0 N–H and O–H groups in total. The normalized spacial score (nSPS) is 10.7. The minimum absolute atomic E-state index is 0.0561. The Bertz CT molecular complexity index is 588. The summed E-state index contributed by atoms with van der Waals surface area (Å²) in [6.07, 6.45) is 14.3. The summed E-state index contributed by atoms with van der Waals surface area (Å²) < 4.78 is 11.8. The predicted octanol–water partition coefficient (Wildman–Crippen LogP) is 7.36. The van der Waals surface area contributed by atoms with Gasteiger partial charge in [0.05, 0.1) is 6.61 Å². The summed E-state index contributed by atoms with van der Waals surface area (Å²) in [5, 5.41) is 0. The Hall–Kier alpha value is -1.11. The van der Waals surface area contributed by atoms with Gasteiger partial charge in [-0.25, -0.2) is 0 Å². The van der Waals surface area contributed by atoms with Gasteiger partial charge in [-0.1, -0.05) is 76.8 Å². The zero-order valence-electron chi connectivity index (χ0n) is 18.6. The van der Waals surface area contributed by atoms with Gasteiger partial charge in [0, 0.05) is 16.4 Å². The van der Waals surface area contributed by atoms with Gasteiger partial charge in [0.2, 0.25) is 0 Å². The van der Waals surface area contributed by atoms with E-state index in [1.807, 2.05) is 24.3 Å². The molecule has 1 aromatic carbocycles. The molecular formula is C25H39IO4. The van der Waals surface area contributed by atoms with Crippen molar-refractivity contribution in [3.8, 4) is 0 Å². The van der Waals surface area contributed by atoms with Gasteiger partial charge < -0.3 is 9.47 Å². The third kappa shape index (κ3) is 15.7. The molecule has 0 atom stereocenters. The van der Waals surface area contributed by atoms with Gasteiger partial charge in [0.25, 0.3) is 0 Å². The number of benzene rings is 1. The molecule has 0 unspecified atom stereocenters. The van der Waals surface area contributed by atoms with Crippen LogP contribution in [0.25, 0.3) is 0 Å². The molecule has 0 heterocycles. The van der Waals surface area contributed by atoms with Crippen molar-refractivity contribution in [1.29, 1.82) is 0 Å². The molecule has 0 spiro atoms. The van der Waals surface area contributed by atoms with Crippen LogP contribution in [-0.2, 0) is 25.7 Å². The molecule has 0 saturated heterocycles. The van der Waals surface area contributed by atoms with E-state index in [1.165, 1.54) is 25.7 Å². The van der Waals surface area contributed by atoms with Crippen LogP contribution in [0.4, 0.5) is 0 Å². The van der Waals surface area contributed by atoms with Crippen LogP contribution in [0.3, 0.4) is 0 Å². The van der Waals surface area contributed by atoms with Gasteiger partial charge in [-0.3, -0.25) is 9.59 Å². The molecule has 170 valence electrons. The fraction of sp³-hybridized carbons (Fsp3) is 0.680. The molecule has 0 radical (unpaired) electrons. The third-order valence-electron chi connectivity index (χ3n) is 5.06. The largest absolute Gasteiger partial charge is 0.466 e. The number of hydrogen-bond acceptors (Lipinski definition) is 4. The first-order valence-electron chi connectivity index (χ1n) is 11.7. The fourth-order valence-corrected chi connectivity index (χ4v) is 3.86. The molecule has 4 nitrogen and oxygen atoms in total. The van der Waals surface area contributed by atoms with E-state index in [2.05, 4.69) is 29.5 Å². The molecule has 5 heteroatoms. The number of esters is 2. The highest BCUT2D eigenvalue weighted by atomic mass is 127. The molecule has 0 amide bonds. The Morgan fingerprint density at radius 2 is 1.33 bits per heavy atom. The van der Waals surface area contributed by atoms with Crippen molar-refractivity contribution in [3.63, 3.8) is 0 Å². The van der Waals surface area contributed by atoms with Crippen molar-refractivity contribution in [2.24, 2.45) is 0 Å². The number of carbonyl (C=O) groups is 2. The van der Waals surface area contributed by atoms with Gasteiger partial charge in [-0.2, -0.15) is 0 Å². The summed E-state index contributed by atoms with van der Waals surface area (Å²) in [7, 11) is 0. The van der Waals surface area contributed by atoms with Gasteiger partial charge in [-0.05, 0) is 59.5 Å². The maximum absolute atomic E-state index is 11.8. The number of carbonyl (C=O) groups excluding carboxylic acids is 2. The minimum Gasteiger partial charge on any atom is -0.466 e. The van der Waals surface area contributed by atoms with E-state index in [9.17, 15) is 9.59 Å². The minimum atomic E-state index is -0.123. The number of rotatable bonds is 18. The Morgan fingerprint density at radius 3 is 1.97 bits per heavy atom. The van der Waals surface area contributed by atoms with Crippen LogP contribution in [0, 0.1) is 3.57 Å². The van der Waals surface area contributed by atoms with E-state index in [1.54, 1.807) is 0 Å². The zero-order chi connectivity index (χ0) is 21.9. The van der Waals surface area contributed by atoms with Gasteiger partial charge in [0.15, 0.2) is 0 Å². The second-order valence-corrected chi connectivity index (χ2v) is 9.15. The standard InChI is InChI=1S/C25H39IO4/c1-2-3-4-5-10-13-19-29-24(27)17-11-8-6-7-9-12-18-25(28)30-21-22-15-14-16-23(26)20-22/h14-16,20H,2-13,17-19,21H2,1H3. The van der Waals surface area contributed by atoms with Crippen LogP contribution in [0.15, 0.2) is 24.3 Å². The predicted molar refractivity (Wildman–Crippen MR) is 130 cm³/mol. The van der Waals surface area contributed by atoms with E-state index >= 15 is 0 Å². The van der Waals surface area contributed by atoms with E-state index in [4.69, 9.17) is 9.47 Å². The Morgan fingerprint density at radius 1 is 0.767 bits per heavy atom. The summed E-state index contributed by atoms with van der Waals surface area (Å²) in [5.74, 6) is -0.179. The lowest BCUT2D eigenvalue weighted by Crippen LogP contribution is -2.05. The fourth-order valence-electron chi connectivity index (χ4n) is 3.25. The van der Waals surface area contributed by atoms with Crippen molar-refractivity contribution in [1.82, 2.24) is 0 Å². The average Bonchev–Trinajstić information content (AvgIpc) is 2.73. The second-order valence-electron chi connectivity index (χ2n) is 7.90. The molecule has 0 bridgehead atoms. The lowest BCUT2D eigenvalue weighted by Gasteiger charge is -2.06. The highest BCUT2D eigenvalue weighted by Gasteiger charge is 2.05. The quantitative estimate of drug-likeness (QED) is 0.113. The number of unbranched alkanes of at least 4 members (excludes halogenated alkanes) is 10. The third-order valence-corrected chi connectivity index (χ3v) is 5.73. The Kier molecular flexibility index (Phi) is 16.7. The monoisotopic (exact) mass is 530 g/mol. The Labute approximate surface area is 196 Å². The van der Waals surface area contributed by atoms with Crippen LogP contribution < -0.4 is 0 Å². The zero-order valence-corrected chi connectivity index (χ0v) is 20.8. The van der Waals surface area contributed by atoms with Crippen LogP contribution >= 0.6 is 22.6 Å². The number of ether oxygens (including phenoxy) is 2. The first-order valence-corrected chi connectivity index (χ1v) is 12.8. The molecule has 30 heavy (non-hydrogen) atoms. The Balaban J connectivity index is 1.86. The first kappa shape index (κ1) is 26.9. The highest BCUT2D eigenvalue weighted by molar-refractivity contribution is 14.1. The van der Waals surface area contributed by atoms with Crippen LogP contribution in [0.1, 0.15) is 102 Å². The summed E-state index contributed by atoms with van der Waals surface area (Å²) in [5.41, 5.74) is 1.03. The molecule has 0 aliphatic carbocycles. The van der Waals surface area contributed by atoms with E-state index in [0.29, 0.717) is 26.1 Å². The second kappa shape index (κ2) is 18.6. The lowest BCUT2D eigenvalue weighted by molar-refractivity contribution is -0.145. The van der Waals surface area contributed by atoms with Crippen molar-refractivity contribution >= 4 is 34.5 Å². The first-order chi connectivity index (χ1) is 14.6. The lowest BCUT2D eigenvalue weighted by atomic mass is 10.1. The van der Waals surface area contributed by atoms with Crippen LogP contribution in [0.2, 0.25) is 0 Å². The van der Waals surface area contributed by atoms with E-state index in [0.717, 1.165) is 60.5 Å². The summed E-state index contributed by atoms with van der Waals surface area (Å²) in [6, 6.07) is 7.99. The highest BCUT2D eigenvalue weighted by Crippen LogP contribution is 2.12. The van der Waals surface area contributed by atoms with Gasteiger partial charge >= 0.3 is 11.9 Å². The summed E-state index contributed by atoms with van der Waals surface area (Å²) in [6.45, 7) is 3.14. The van der Waals surface area contributed by atoms with Crippen molar-refractivity contribution < 1.29 is 19.1 Å². The molecule has 1 aromatic rings. The van der Waals surface area contributed by atoms with E-state index in [-0.39, 0.29) is 11.9 Å². The molecular weight excluding hydrogens is 491 g/mol. The maximum Gasteiger partial charge on any atom is 0.306 e. The number of halogens is 1. The summed E-state index contributed by atoms with van der Waals surface area (Å²) in [4.78, 5) is 23.5. The SMILES string of the molecule is CCCCCCCCOC(=O)CCCCCCCCC(=O)OCc1cccc(I)c1. The molecule has 0 aromatic heterocycles. The molecule has 0 aliphatic heterocycles. The van der Waals surface area contributed by atoms with Crippen LogP contribution in [0.5, 0.6) is 0 Å². The van der Waals surface area contributed by atoms with Gasteiger partial charge in [-0.15, -0.1) is 0 Å². The molecule has 0 saturated carbocycles. The topological polar surface area (TPSA) is 52.6 Å². The van der Waals surface area contributed by atoms with Crippen LogP contribution in [-0.4, -0.2) is 18.5 Å². The smallest absolute Gasteiger partial charge is 0.306 e. The van der Waals surface area contributed by atoms with Crippen molar-refractivity contribution in [2.75, 3.05) is 6.61 Å². The van der Waals surface area contributed by atoms with Gasteiger partial charge in [0.1, 0.15) is 6.61 Å². The summed E-state index contributed by atoms with van der Waals surface area (Å²) >= 11 is 2.25. The molecule has 0 aliphatic rings. The number of hydrogen-bond donors (Lipinski definition) is 0. The average molecular weight is 530 g/mol. The molecule has 1 rings (SSSR count). The van der Waals surface area contributed by atoms with E-state index < -0.39 is 0 Å². The van der Waals surface area contributed by atoms with Crippen molar-refractivity contribution in [3.05, 3.63) is 33.4 Å².